The van der Waals surface area contributed by atoms with Crippen molar-refractivity contribution < 1.29 is 23.9 Å². The Labute approximate surface area is 210 Å². The summed E-state index contributed by atoms with van der Waals surface area (Å²) in [6.45, 7) is 8.66. The molecule has 0 aromatic heterocycles. The zero-order valence-corrected chi connectivity index (χ0v) is 20.8. The number of ether oxygens (including phenoxy) is 2. The van der Waals surface area contributed by atoms with Gasteiger partial charge in [0.25, 0.3) is 5.91 Å². The Hall–Kier alpha value is -3.59. The summed E-state index contributed by atoms with van der Waals surface area (Å²) >= 11 is 0. The molecule has 1 atom stereocenters. The molecule has 0 radical (unpaired) electrons. The Kier molecular flexibility index (Phi) is 6.82. The fourth-order valence-electron chi connectivity index (χ4n) is 4.93. The van der Waals surface area contributed by atoms with Crippen molar-refractivity contribution in [3.63, 3.8) is 0 Å². The third-order valence-electron chi connectivity index (χ3n) is 7.31. The van der Waals surface area contributed by atoms with Crippen LogP contribution in [-0.4, -0.2) is 80.1 Å². The van der Waals surface area contributed by atoms with Crippen molar-refractivity contribution >= 4 is 23.4 Å². The Morgan fingerprint density at radius 3 is 2.53 bits per heavy atom. The number of anilines is 1. The summed E-state index contributed by atoms with van der Waals surface area (Å²) in [5.74, 6) is 0.857. The topological polar surface area (TPSA) is 91.4 Å². The average molecular weight is 493 g/mol. The zero-order chi connectivity index (χ0) is 25.2. The second kappa shape index (κ2) is 10.2. The van der Waals surface area contributed by atoms with Crippen molar-refractivity contribution in [1.29, 1.82) is 0 Å². The number of piperazine rings is 1. The van der Waals surface area contributed by atoms with Gasteiger partial charge in [-0.15, -0.1) is 0 Å². The average Bonchev–Trinajstić information content (AvgIpc) is 3.51. The molecule has 1 unspecified atom stereocenters. The summed E-state index contributed by atoms with van der Waals surface area (Å²) in [7, 11) is 0. The molecule has 1 N–H and O–H groups in total. The summed E-state index contributed by atoms with van der Waals surface area (Å²) in [4.78, 5) is 44.1. The van der Waals surface area contributed by atoms with E-state index in [0.29, 0.717) is 49.8 Å². The van der Waals surface area contributed by atoms with Crippen LogP contribution in [0.2, 0.25) is 0 Å². The zero-order valence-electron chi connectivity index (χ0n) is 20.8. The van der Waals surface area contributed by atoms with E-state index in [9.17, 15) is 14.4 Å². The van der Waals surface area contributed by atoms with Gasteiger partial charge in [0.2, 0.25) is 18.6 Å². The largest absolute Gasteiger partial charge is 0.454 e. The molecule has 36 heavy (non-hydrogen) atoms. The number of nitrogens with zero attached hydrogens (tertiary/aromatic N) is 3. The van der Waals surface area contributed by atoms with Crippen molar-refractivity contribution in [2.75, 3.05) is 57.5 Å². The van der Waals surface area contributed by atoms with Gasteiger partial charge in [-0.05, 0) is 55.3 Å². The van der Waals surface area contributed by atoms with Crippen molar-refractivity contribution in [2.24, 2.45) is 5.92 Å². The lowest BCUT2D eigenvalue weighted by atomic mass is 10.1. The lowest BCUT2D eigenvalue weighted by Gasteiger charge is -2.35. The Balaban J connectivity index is 1.06. The number of carbonyl (C=O) groups is 3. The van der Waals surface area contributed by atoms with E-state index in [0.717, 1.165) is 24.3 Å². The lowest BCUT2D eigenvalue weighted by Crippen LogP contribution is -2.51. The van der Waals surface area contributed by atoms with E-state index < -0.39 is 0 Å². The van der Waals surface area contributed by atoms with Crippen LogP contribution < -0.4 is 19.7 Å². The lowest BCUT2D eigenvalue weighted by molar-refractivity contribution is -0.137. The van der Waals surface area contributed by atoms with E-state index in [-0.39, 0.29) is 36.9 Å². The van der Waals surface area contributed by atoms with Crippen LogP contribution in [0.15, 0.2) is 36.4 Å². The minimum atomic E-state index is -0.299. The van der Waals surface area contributed by atoms with E-state index in [2.05, 4.69) is 10.2 Å². The van der Waals surface area contributed by atoms with Gasteiger partial charge in [0.05, 0.1) is 5.92 Å². The molecule has 3 aliphatic rings. The third kappa shape index (κ3) is 5.02. The molecule has 2 aromatic carbocycles. The van der Waals surface area contributed by atoms with Gasteiger partial charge in [0.1, 0.15) is 0 Å². The first-order valence-electron chi connectivity index (χ1n) is 12.5. The van der Waals surface area contributed by atoms with Crippen LogP contribution in [0, 0.1) is 19.8 Å². The highest BCUT2D eigenvalue weighted by atomic mass is 16.7. The minimum Gasteiger partial charge on any atom is -0.454 e. The normalized spacial score (nSPS) is 19.6. The molecular weight excluding hydrogens is 460 g/mol. The molecule has 0 aliphatic carbocycles. The molecule has 9 nitrogen and oxygen atoms in total. The van der Waals surface area contributed by atoms with Crippen LogP contribution in [0.5, 0.6) is 11.5 Å². The number of fused-ring (bicyclic) bond motifs is 1. The summed E-state index contributed by atoms with van der Waals surface area (Å²) in [5.41, 5.74) is 3.73. The molecule has 190 valence electrons. The van der Waals surface area contributed by atoms with E-state index >= 15 is 0 Å². The molecule has 3 heterocycles. The van der Waals surface area contributed by atoms with Crippen molar-refractivity contribution in [3.05, 3.63) is 53.1 Å². The van der Waals surface area contributed by atoms with E-state index in [4.69, 9.17) is 9.47 Å². The van der Waals surface area contributed by atoms with Crippen LogP contribution in [-0.2, 0) is 9.59 Å². The molecule has 0 spiro atoms. The van der Waals surface area contributed by atoms with Gasteiger partial charge in [-0.3, -0.25) is 19.3 Å². The molecule has 2 fully saturated rings. The SMILES string of the molecule is Cc1ccc(N2CC(C(=O)N3CCN(CCNC(=O)c4ccc5c(c4)OCO5)CC3)CC2=O)cc1C. The van der Waals surface area contributed by atoms with Crippen molar-refractivity contribution in [3.8, 4) is 11.5 Å². The predicted octanol–water partition coefficient (Wildman–Crippen LogP) is 1.96. The number of aryl methyl sites for hydroxylation is 2. The van der Waals surface area contributed by atoms with Crippen LogP contribution >= 0.6 is 0 Å². The van der Waals surface area contributed by atoms with E-state index in [1.807, 2.05) is 36.9 Å². The standard InChI is InChI=1S/C27H32N4O5/c1-18-3-5-22(13-19(18)2)31-16-21(15-25(31)32)27(34)30-11-9-29(10-12-30)8-7-28-26(33)20-4-6-23-24(14-20)36-17-35-23/h3-6,13-14,21H,7-12,15-17H2,1-2H3,(H,28,33). The van der Waals surface area contributed by atoms with Gasteiger partial charge in [-0.25, -0.2) is 0 Å². The molecule has 0 saturated carbocycles. The molecule has 3 aliphatic heterocycles. The van der Waals surface area contributed by atoms with Gasteiger partial charge in [0, 0.05) is 63.5 Å². The van der Waals surface area contributed by atoms with E-state index in [1.54, 1.807) is 23.1 Å². The van der Waals surface area contributed by atoms with Gasteiger partial charge in [-0.1, -0.05) is 6.07 Å². The third-order valence-corrected chi connectivity index (χ3v) is 7.31. The summed E-state index contributed by atoms with van der Waals surface area (Å²) in [5, 5.41) is 2.95. The summed E-state index contributed by atoms with van der Waals surface area (Å²) < 4.78 is 10.6. The van der Waals surface area contributed by atoms with Crippen LogP contribution in [0.1, 0.15) is 27.9 Å². The highest BCUT2D eigenvalue weighted by Gasteiger charge is 2.38. The molecule has 5 rings (SSSR count). The number of rotatable bonds is 6. The first-order valence-corrected chi connectivity index (χ1v) is 12.5. The monoisotopic (exact) mass is 492 g/mol. The van der Waals surface area contributed by atoms with Crippen LogP contribution in [0.25, 0.3) is 0 Å². The predicted molar refractivity (Wildman–Crippen MR) is 134 cm³/mol. The molecule has 2 saturated heterocycles. The first kappa shape index (κ1) is 24.1. The summed E-state index contributed by atoms with van der Waals surface area (Å²) in [6, 6.07) is 11.1. The molecule has 3 amide bonds. The number of nitrogens with one attached hydrogen (secondary N) is 1. The Morgan fingerprint density at radius 2 is 1.75 bits per heavy atom. The quantitative estimate of drug-likeness (QED) is 0.663. The maximum Gasteiger partial charge on any atom is 0.251 e. The number of benzene rings is 2. The number of amides is 3. The fourth-order valence-corrected chi connectivity index (χ4v) is 4.93. The maximum absolute atomic E-state index is 13.1. The van der Waals surface area contributed by atoms with Gasteiger partial charge in [0.15, 0.2) is 11.5 Å². The minimum absolute atomic E-state index is 0.00781. The van der Waals surface area contributed by atoms with Crippen LogP contribution in [0.3, 0.4) is 0 Å². The van der Waals surface area contributed by atoms with Crippen molar-refractivity contribution in [2.45, 2.75) is 20.3 Å². The number of carbonyl (C=O) groups excluding carboxylic acids is 3. The maximum atomic E-state index is 13.1. The molecule has 9 heteroatoms. The molecule has 0 bridgehead atoms. The van der Waals surface area contributed by atoms with Gasteiger partial charge >= 0.3 is 0 Å². The summed E-state index contributed by atoms with van der Waals surface area (Å²) in [6.07, 6.45) is 0.262. The number of hydrogen-bond donors (Lipinski definition) is 1. The second-order valence-corrected chi connectivity index (χ2v) is 9.66. The van der Waals surface area contributed by atoms with Crippen LogP contribution in [0.4, 0.5) is 5.69 Å². The Morgan fingerprint density at radius 1 is 0.972 bits per heavy atom. The second-order valence-electron chi connectivity index (χ2n) is 9.66. The molecular formula is C27H32N4O5. The van der Waals surface area contributed by atoms with Gasteiger partial charge < -0.3 is 24.6 Å². The Bertz CT molecular complexity index is 1170. The van der Waals surface area contributed by atoms with Crippen molar-refractivity contribution in [1.82, 2.24) is 15.1 Å². The highest BCUT2D eigenvalue weighted by Crippen LogP contribution is 2.32. The van der Waals surface area contributed by atoms with Gasteiger partial charge in [-0.2, -0.15) is 0 Å². The van der Waals surface area contributed by atoms with E-state index in [1.165, 1.54) is 5.56 Å². The highest BCUT2D eigenvalue weighted by molar-refractivity contribution is 6.00. The first-order chi connectivity index (χ1) is 17.4. The smallest absolute Gasteiger partial charge is 0.251 e. The fraction of sp³-hybridized carbons (Fsp3) is 0.444. The molecule has 2 aromatic rings. The number of hydrogen-bond acceptors (Lipinski definition) is 6.